The maximum absolute atomic E-state index is 13.5. The maximum atomic E-state index is 13.5. The summed E-state index contributed by atoms with van der Waals surface area (Å²) in [4.78, 5) is 31.7. The quantitative estimate of drug-likeness (QED) is 0.382. The number of amides is 1. The van der Waals surface area contributed by atoms with Crippen LogP contribution in [0.5, 0.6) is 0 Å². The molecule has 1 amide bonds. The molecule has 1 aliphatic rings. The summed E-state index contributed by atoms with van der Waals surface area (Å²) in [6.07, 6.45) is 6.10. The van der Waals surface area contributed by atoms with E-state index in [0.717, 1.165) is 29.5 Å². The van der Waals surface area contributed by atoms with E-state index in [2.05, 4.69) is 28.5 Å². The number of rotatable bonds is 4. The van der Waals surface area contributed by atoms with Gasteiger partial charge in [-0.05, 0) is 73.9 Å². The monoisotopic (exact) mass is 477 g/mol. The molecular formula is C26H24ClN3O2S. The van der Waals surface area contributed by atoms with E-state index >= 15 is 0 Å². The fraction of sp³-hybridized carbons (Fsp3) is 0.269. The molecule has 0 aliphatic heterocycles. The molecular weight excluding hydrogens is 454 g/mol. The molecule has 1 unspecified atom stereocenters. The maximum Gasteiger partial charge on any atom is 0.263 e. The van der Waals surface area contributed by atoms with Crippen molar-refractivity contribution in [3.8, 4) is 11.1 Å². The lowest BCUT2D eigenvalue weighted by molar-refractivity contribution is -0.118. The van der Waals surface area contributed by atoms with Gasteiger partial charge in [-0.2, -0.15) is 0 Å². The Labute approximate surface area is 201 Å². The number of halogens is 1. The summed E-state index contributed by atoms with van der Waals surface area (Å²) in [5.74, 6) is -0.297. The first-order chi connectivity index (χ1) is 15.9. The Kier molecular flexibility index (Phi) is 5.81. The minimum atomic E-state index is -0.732. The summed E-state index contributed by atoms with van der Waals surface area (Å²) in [6.45, 7) is 3.60. The second-order valence-corrected chi connectivity index (χ2v) is 9.90. The number of hydrogen-bond acceptors (Lipinski definition) is 4. The summed E-state index contributed by atoms with van der Waals surface area (Å²) in [5, 5.41) is 5.99. The molecule has 0 radical (unpaired) electrons. The minimum absolute atomic E-state index is 0.209. The van der Waals surface area contributed by atoms with Gasteiger partial charge in [0.1, 0.15) is 10.9 Å². The number of fused-ring (bicyclic) bond motifs is 2. The van der Waals surface area contributed by atoms with E-state index in [0.29, 0.717) is 20.9 Å². The van der Waals surface area contributed by atoms with Crippen LogP contribution in [-0.2, 0) is 17.6 Å². The highest BCUT2D eigenvalue weighted by Gasteiger charge is 2.21. The lowest BCUT2D eigenvalue weighted by Gasteiger charge is -2.17. The van der Waals surface area contributed by atoms with Crippen molar-refractivity contribution >= 4 is 44.7 Å². The lowest BCUT2D eigenvalue weighted by atomic mass is 9.89. The zero-order valence-corrected chi connectivity index (χ0v) is 20.1. The lowest BCUT2D eigenvalue weighted by Crippen LogP contribution is -2.31. The third kappa shape index (κ3) is 4.09. The molecule has 168 valence electrons. The number of benzene rings is 2. The van der Waals surface area contributed by atoms with E-state index in [1.807, 2.05) is 18.4 Å². The highest BCUT2D eigenvalue weighted by molar-refractivity contribution is 7.17. The molecule has 0 fully saturated rings. The third-order valence-corrected chi connectivity index (χ3v) is 7.55. The van der Waals surface area contributed by atoms with Crippen molar-refractivity contribution in [1.29, 1.82) is 0 Å². The fourth-order valence-electron chi connectivity index (χ4n) is 4.43. The topological polar surface area (TPSA) is 64.0 Å². The molecule has 5 nitrogen and oxygen atoms in total. The van der Waals surface area contributed by atoms with Crippen LogP contribution in [0.4, 0.5) is 5.69 Å². The highest BCUT2D eigenvalue weighted by atomic mass is 35.5. The van der Waals surface area contributed by atoms with E-state index in [4.69, 9.17) is 11.6 Å². The third-order valence-electron chi connectivity index (χ3n) is 6.43. The van der Waals surface area contributed by atoms with Crippen LogP contribution in [0.3, 0.4) is 0 Å². The Balaban J connectivity index is 1.51. The van der Waals surface area contributed by atoms with E-state index in [1.54, 1.807) is 19.1 Å². The van der Waals surface area contributed by atoms with Gasteiger partial charge in [-0.15, -0.1) is 11.3 Å². The number of anilines is 1. The molecule has 2 aromatic heterocycles. The van der Waals surface area contributed by atoms with Crippen LogP contribution >= 0.6 is 22.9 Å². The van der Waals surface area contributed by atoms with Gasteiger partial charge in [0, 0.05) is 21.7 Å². The molecule has 33 heavy (non-hydrogen) atoms. The number of hydrogen-bond donors (Lipinski definition) is 1. The smallest absolute Gasteiger partial charge is 0.263 e. The molecule has 0 bridgehead atoms. The van der Waals surface area contributed by atoms with Gasteiger partial charge in [0.25, 0.3) is 5.56 Å². The number of carbonyl (C=O) groups excluding carboxylic acids is 1. The van der Waals surface area contributed by atoms with Gasteiger partial charge < -0.3 is 5.32 Å². The molecule has 4 aromatic rings. The van der Waals surface area contributed by atoms with Crippen molar-refractivity contribution in [2.45, 2.75) is 45.6 Å². The number of aromatic nitrogens is 2. The largest absolute Gasteiger partial charge is 0.324 e. The first-order valence-corrected chi connectivity index (χ1v) is 12.4. The van der Waals surface area contributed by atoms with Gasteiger partial charge in [0.15, 0.2) is 0 Å². The van der Waals surface area contributed by atoms with Crippen molar-refractivity contribution in [3.63, 3.8) is 0 Å². The molecule has 5 rings (SSSR count). The van der Waals surface area contributed by atoms with Crippen LogP contribution in [0.1, 0.15) is 42.5 Å². The van der Waals surface area contributed by atoms with Gasteiger partial charge in [-0.25, -0.2) is 4.98 Å². The van der Waals surface area contributed by atoms with E-state index in [1.165, 1.54) is 46.2 Å². The van der Waals surface area contributed by atoms with Gasteiger partial charge in [-0.1, -0.05) is 35.9 Å². The highest BCUT2D eigenvalue weighted by Crippen LogP contribution is 2.33. The van der Waals surface area contributed by atoms with Crippen LogP contribution in [-0.4, -0.2) is 15.5 Å². The number of aryl methyl sites for hydroxylation is 3. The molecule has 1 aliphatic carbocycles. The first kappa shape index (κ1) is 21.9. The Morgan fingerprint density at radius 2 is 1.94 bits per heavy atom. The first-order valence-electron chi connectivity index (χ1n) is 11.1. The molecule has 0 spiro atoms. The molecule has 1 atom stereocenters. The van der Waals surface area contributed by atoms with Crippen molar-refractivity contribution in [2.75, 3.05) is 5.32 Å². The Hall–Kier alpha value is -2.96. The van der Waals surface area contributed by atoms with Crippen LogP contribution in [0, 0.1) is 6.92 Å². The van der Waals surface area contributed by atoms with Crippen molar-refractivity contribution in [3.05, 3.63) is 80.2 Å². The summed E-state index contributed by atoms with van der Waals surface area (Å²) in [7, 11) is 0. The second-order valence-electron chi connectivity index (χ2n) is 8.60. The Morgan fingerprint density at radius 1 is 1.15 bits per heavy atom. The predicted octanol–water partition coefficient (Wildman–Crippen LogP) is 6.17. The van der Waals surface area contributed by atoms with Crippen LogP contribution in [0.25, 0.3) is 21.3 Å². The van der Waals surface area contributed by atoms with E-state index < -0.39 is 6.04 Å². The van der Waals surface area contributed by atoms with Crippen LogP contribution < -0.4 is 10.9 Å². The minimum Gasteiger partial charge on any atom is -0.324 e. The number of nitrogens with one attached hydrogen (secondary N) is 1. The Bertz CT molecular complexity index is 1440. The summed E-state index contributed by atoms with van der Waals surface area (Å²) in [6, 6.07) is 11.1. The summed E-state index contributed by atoms with van der Waals surface area (Å²) < 4.78 is 1.41. The van der Waals surface area contributed by atoms with Crippen molar-refractivity contribution in [1.82, 2.24) is 9.55 Å². The molecule has 2 heterocycles. The number of thiophene rings is 1. The Morgan fingerprint density at radius 3 is 2.76 bits per heavy atom. The van der Waals surface area contributed by atoms with Crippen molar-refractivity contribution < 1.29 is 4.79 Å². The molecule has 0 saturated heterocycles. The average Bonchev–Trinajstić information content (AvgIpc) is 3.26. The summed E-state index contributed by atoms with van der Waals surface area (Å²) in [5.41, 5.74) is 6.01. The molecule has 2 aromatic carbocycles. The van der Waals surface area contributed by atoms with Gasteiger partial charge in [-0.3, -0.25) is 14.2 Å². The van der Waals surface area contributed by atoms with Gasteiger partial charge in [0.2, 0.25) is 5.91 Å². The standard InChI is InChI=1S/C26H24ClN3O2S/c1-15-7-10-20(27)12-22(15)29-24(31)16(2)30-14-28-25-23(26(30)32)21(13-33-25)19-9-8-17-5-3-4-6-18(17)11-19/h7-14,16H,3-6H2,1-2H3,(H,29,31). The predicted molar refractivity (Wildman–Crippen MR) is 135 cm³/mol. The normalized spacial score (nSPS) is 14.2. The van der Waals surface area contributed by atoms with Crippen molar-refractivity contribution in [2.24, 2.45) is 0 Å². The zero-order valence-electron chi connectivity index (χ0n) is 18.5. The summed E-state index contributed by atoms with van der Waals surface area (Å²) >= 11 is 7.54. The zero-order chi connectivity index (χ0) is 23.1. The SMILES string of the molecule is Cc1ccc(Cl)cc1NC(=O)C(C)n1cnc2scc(-c3ccc4c(c3)CCCC4)c2c1=O. The number of carbonyl (C=O) groups is 1. The van der Waals surface area contributed by atoms with E-state index in [-0.39, 0.29) is 11.5 Å². The van der Waals surface area contributed by atoms with Crippen LogP contribution in [0.2, 0.25) is 5.02 Å². The van der Waals surface area contributed by atoms with Gasteiger partial charge in [0.05, 0.1) is 11.7 Å². The fourth-order valence-corrected chi connectivity index (χ4v) is 5.51. The molecule has 1 N–H and O–H groups in total. The van der Waals surface area contributed by atoms with Crippen LogP contribution in [0.15, 0.2) is 52.9 Å². The molecule has 7 heteroatoms. The van der Waals surface area contributed by atoms with E-state index in [9.17, 15) is 9.59 Å². The number of nitrogens with zero attached hydrogens (tertiary/aromatic N) is 2. The van der Waals surface area contributed by atoms with Gasteiger partial charge >= 0.3 is 0 Å². The second kappa shape index (κ2) is 8.76. The molecule has 0 saturated carbocycles. The average molecular weight is 478 g/mol.